The molecule has 1 aliphatic rings. The summed E-state index contributed by atoms with van der Waals surface area (Å²) in [7, 11) is 0. The third-order valence-electron chi connectivity index (χ3n) is 4.66. The molecule has 9 heteroatoms. The standard InChI is InChI=1S/C22H23N3O5S/c1-3-25(11-16-7-8-18-19(10-16)29-14-28-18)21(26)13-31-22-24-23-20(30-22)12-27-17-6-4-5-15(2)9-17/h4-10H,3,11-14H2,1-2H3. The highest BCUT2D eigenvalue weighted by Gasteiger charge is 2.18. The number of fused-ring (bicyclic) bond motifs is 1. The van der Waals surface area contributed by atoms with Gasteiger partial charge in [0.1, 0.15) is 5.75 Å². The summed E-state index contributed by atoms with van der Waals surface area (Å²) in [5, 5.41) is 8.32. The molecular weight excluding hydrogens is 418 g/mol. The molecule has 0 atom stereocenters. The predicted octanol–water partition coefficient (Wildman–Crippen LogP) is 3.83. The van der Waals surface area contributed by atoms with E-state index in [1.165, 1.54) is 11.8 Å². The van der Waals surface area contributed by atoms with Crippen molar-refractivity contribution in [3.8, 4) is 17.2 Å². The minimum absolute atomic E-state index is 0.0130. The second-order valence-corrected chi connectivity index (χ2v) is 7.88. The Kier molecular flexibility index (Phi) is 6.61. The van der Waals surface area contributed by atoms with Crippen LogP contribution < -0.4 is 14.2 Å². The van der Waals surface area contributed by atoms with Crippen LogP contribution in [0.25, 0.3) is 0 Å². The molecule has 2 aromatic carbocycles. The van der Waals surface area contributed by atoms with Crippen LogP contribution in [0.1, 0.15) is 23.9 Å². The topological polar surface area (TPSA) is 86.9 Å². The number of benzene rings is 2. The maximum atomic E-state index is 12.7. The van der Waals surface area contributed by atoms with Crippen molar-refractivity contribution in [1.29, 1.82) is 0 Å². The van der Waals surface area contributed by atoms with Crippen molar-refractivity contribution in [3.05, 3.63) is 59.5 Å². The first-order chi connectivity index (χ1) is 15.1. The molecular formula is C22H23N3O5S. The van der Waals surface area contributed by atoms with Gasteiger partial charge in [0, 0.05) is 13.1 Å². The number of aryl methyl sites for hydroxylation is 1. The predicted molar refractivity (Wildman–Crippen MR) is 114 cm³/mol. The maximum absolute atomic E-state index is 12.7. The molecule has 0 saturated carbocycles. The second-order valence-electron chi connectivity index (χ2n) is 6.95. The zero-order valence-corrected chi connectivity index (χ0v) is 18.2. The lowest BCUT2D eigenvalue weighted by molar-refractivity contribution is -0.128. The summed E-state index contributed by atoms with van der Waals surface area (Å²) in [5.41, 5.74) is 2.09. The van der Waals surface area contributed by atoms with Gasteiger partial charge >= 0.3 is 0 Å². The monoisotopic (exact) mass is 441 g/mol. The highest BCUT2D eigenvalue weighted by Crippen LogP contribution is 2.32. The fourth-order valence-corrected chi connectivity index (χ4v) is 3.74. The Labute approximate surface area is 184 Å². The quantitative estimate of drug-likeness (QED) is 0.463. The van der Waals surface area contributed by atoms with E-state index in [2.05, 4.69) is 10.2 Å². The van der Waals surface area contributed by atoms with E-state index in [-0.39, 0.29) is 25.1 Å². The molecule has 0 radical (unpaired) electrons. The average molecular weight is 442 g/mol. The molecule has 0 unspecified atom stereocenters. The maximum Gasteiger partial charge on any atom is 0.277 e. The number of hydrogen-bond donors (Lipinski definition) is 0. The molecule has 0 spiro atoms. The van der Waals surface area contributed by atoms with Gasteiger partial charge in [0.2, 0.25) is 12.7 Å². The molecule has 162 valence electrons. The molecule has 2 heterocycles. The summed E-state index contributed by atoms with van der Waals surface area (Å²) in [4.78, 5) is 14.4. The molecule has 4 rings (SSSR count). The van der Waals surface area contributed by atoms with Crippen LogP contribution >= 0.6 is 11.8 Å². The van der Waals surface area contributed by atoms with Crippen LogP contribution in [-0.4, -0.2) is 40.1 Å². The SMILES string of the molecule is CCN(Cc1ccc2c(c1)OCO2)C(=O)CSc1nnc(COc2cccc(C)c2)o1. The smallest absolute Gasteiger partial charge is 0.277 e. The van der Waals surface area contributed by atoms with Gasteiger partial charge in [0.25, 0.3) is 11.1 Å². The number of carbonyl (C=O) groups is 1. The van der Waals surface area contributed by atoms with Crippen molar-refractivity contribution in [2.24, 2.45) is 0 Å². The first kappa shape index (κ1) is 21.0. The molecule has 0 aliphatic carbocycles. The van der Waals surface area contributed by atoms with Gasteiger partial charge in [-0.25, -0.2) is 0 Å². The normalized spacial score (nSPS) is 12.1. The highest BCUT2D eigenvalue weighted by molar-refractivity contribution is 7.99. The highest BCUT2D eigenvalue weighted by atomic mass is 32.2. The van der Waals surface area contributed by atoms with Crippen LogP contribution in [0.5, 0.6) is 17.2 Å². The Balaban J connectivity index is 1.27. The van der Waals surface area contributed by atoms with E-state index < -0.39 is 0 Å². The minimum Gasteiger partial charge on any atom is -0.484 e. The Morgan fingerprint density at radius 3 is 2.87 bits per heavy atom. The number of rotatable bonds is 9. The number of aromatic nitrogens is 2. The lowest BCUT2D eigenvalue weighted by atomic mass is 10.2. The summed E-state index contributed by atoms with van der Waals surface area (Å²) in [5.74, 6) is 2.74. The molecule has 3 aromatic rings. The van der Waals surface area contributed by atoms with Gasteiger partial charge in [0.05, 0.1) is 5.75 Å². The van der Waals surface area contributed by atoms with Crippen LogP contribution in [0.15, 0.2) is 52.1 Å². The molecule has 0 fully saturated rings. The summed E-state index contributed by atoms with van der Waals surface area (Å²) in [6.07, 6.45) is 0. The van der Waals surface area contributed by atoms with E-state index in [1.807, 2.05) is 56.3 Å². The van der Waals surface area contributed by atoms with Gasteiger partial charge in [0.15, 0.2) is 18.1 Å². The van der Waals surface area contributed by atoms with Crippen LogP contribution in [0.4, 0.5) is 0 Å². The fourth-order valence-electron chi connectivity index (χ4n) is 3.06. The minimum atomic E-state index is -0.0130. The van der Waals surface area contributed by atoms with Gasteiger partial charge in [-0.1, -0.05) is 30.0 Å². The van der Waals surface area contributed by atoms with Crippen LogP contribution in [0, 0.1) is 6.92 Å². The van der Waals surface area contributed by atoms with Gasteiger partial charge < -0.3 is 23.5 Å². The third-order valence-corrected chi connectivity index (χ3v) is 5.47. The van der Waals surface area contributed by atoms with Crippen molar-refractivity contribution >= 4 is 17.7 Å². The molecule has 0 saturated heterocycles. The molecule has 31 heavy (non-hydrogen) atoms. The van der Waals surface area contributed by atoms with Gasteiger partial charge in [-0.3, -0.25) is 4.79 Å². The van der Waals surface area contributed by atoms with Gasteiger partial charge in [-0.15, -0.1) is 10.2 Å². The molecule has 8 nitrogen and oxygen atoms in total. The van der Waals surface area contributed by atoms with Crippen molar-refractivity contribution in [2.75, 3.05) is 19.1 Å². The van der Waals surface area contributed by atoms with E-state index in [0.29, 0.717) is 30.0 Å². The van der Waals surface area contributed by atoms with E-state index >= 15 is 0 Å². The first-order valence-electron chi connectivity index (χ1n) is 9.91. The zero-order chi connectivity index (χ0) is 21.6. The Morgan fingerprint density at radius 2 is 2.03 bits per heavy atom. The lowest BCUT2D eigenvalue weighted by Gasteiger charge is -2.20. The summed E-state index contributed by atoms with van der Waals surface area (Å²) >= 11 is 1.22. The van der Waals surface area contributed by atoms with E-state index in [1.54, 1.807) is 4.90 Å². The van der Waals surface area contributed by atoms with Crippen molar-refractivity contribution in [2.45, 2.75) is 32.2 Å². The van der Waals surface area contributed by atoms with Gasteiger partial charge in [-0.05, 0) is 49.2 Å². The number of nitrogens with zero attached hydrogens (tertiary/aromatic N) is 3. The summed E-state index contributed by atoms with van der Waals surface area (Å²) in [6.45, 7) is 5.43. The Hall–Kier alpha value is -3.20. The largest absolute Gasteiger partial charge is 0.484 e. The van der Waals surface area contributed by atoms with Gasteiger partial charge in [-0.2, -0.15) is 0 Å². The average Bonchev–Trinajstić information content (AvgIpc) is 3.43. The molecule has 1 amide bonds. The molecule has 1 aliphatic heterocycles. The number of carbonyl (C=O) groups excluding carboxylic acids is 1. The second kappa shape index (κ2) is 9.74. The van der Waals surface area contributed by atoms with Crippen LogP contribution in [-0.2, 0) is 17.9 Å². The zero-order valence-electron chi connectivity index (χ0n) is 17.4. The third kappa shape index (κ3) is 5.49. The van der Waals surface area contributed by atoms with Crippen molar-refractivity contribution in [3.63, 3.8) is 0 Å². The number of ether oxygens (including phenoxy) is 3. The molecule has 1 aromatic heterocycles. The number of amides is 1. The first-order valence-corrected chi connectivity index (χ1v) is 10.9. The number of thioether (sulfide) groups is 1. The van der Waals surface area contributed by atoms with E-state index in [4.69, 9.17) is 18.6 Å². The summed E-state index contributed by atoms with van der Waals surface area (Å²) in [6, 6.07) is 13.4. The van der Waals surface area contributed by atoms with Crippen molar-refractivity contribution in [1.82, 2.24) is 15.1 Å². The fraction of sp³-hybridized carbons (Fsp3) is 0.318. The van der Waals surface area contributed by atoms with Crippen LogP contribution in [0.3, 0.4) is 0 Å². The van der Waals surface area contributed by atoms with Crippen LogP contribution in [0.2, 0.25) is 0 Å². The molecule has 0 bridgehead atoms. The Bertz CT molecular complexity index is 1060. The Morgan fingerprint density at radius 1 is 1.16 bits per heavy atom. The van der Waals surface area contributed by atoms with E-state index in [9.17, 15) is 4.79 Å². The summed E-state index contributed by atoms with van der Waals surface area (Å²) < 4.78 is 22.0. The number of hydrogen-bond acceptors (Lipinski definition) is 8. The molecule has 0 N–H and O–H groups in total. The van der Waals surface area contributed by atoms with E-state index in [0.717, 1.165) is 22.6 Å². The van der Waals surface area contributed by atoms with Crippen molar-refractivity contribution < 1.29 is 23.4 Å². The lowest BCUT2D eigenvalue weighted by Crippen LogP contribution is -2.31.